The Hall–Kier alpha value is -2.36. The Morgan fingerprint density at radius 2 is 1.62 bits per heavy atom. The van der Waals surface area contributed by atoms with Crippen molar-refractivity contribution < 1.29 is 21.6 Å². The molecular formula is C17H18F3N3O2S. The number of primary sulfonamides is 1. The van der Waals surface area contributed by atoms with E-state index >= 15 is 0 Å². The summed E-state index contributed by atoms with van der Waals surface area (Å²) in [6.07, 6.45) is -3.71. The lowest BCUT2D eigenvalue weighted by atomic mass is 10.1. The highest BCUT2D eigenvalue weighted by molar-refractivity contribution is 7.89. The monoisotopic (exact) mass is 385 g/mol. The summed E-state index contributed by atoms with van der Waals surface area (Å²) in [7, 11) is -3.85. The summed E-state index contributed by atoms with van der Waals surface area (Å²) in [5.74, 6) is 0. The molecule has 2 aromatic carbocycles. The summed E-state index contributed by atoms with van der Waals surface area (Å²) in [5, 5.41) is 7.87. The SMILES string of the molecule is Cc1ccc(/C(=C/C(N)C(F)(F)F)Nc2ccc(S(N)(=O)=O)cc2)cc1. The van der Waals surface area contributed by atoms with Crippen LogP contribution in [0.4, 0.5) is 18.9 Å². The minimum atomic E-state index is -4.59. The fourth-order valence-corrected chi connectivity index (χ4v) is 2.62. The Morgan fingerprint density at radius 3 is 2.08 bits per heavy atom. The zero-order valence-corrected chi connectivity index (χ0v) is 14.6. The molecule has 0 saturated heterocycles. The van der Waals surface area contributed by atoms with E-state index in [9.17, 15) is 21.6 Å². The van der Waals surface area contributed by atoms with Crippen molar-refractivity contribution in [3.63, 3.8) is 0 Å². The van der Waals surface area contributed by atoms with E-state index in [1.807, 2.05) is 6.92 Å². The Labute approximate surface area is 149 Å². The van der Waals surface area contributed by atoms with Gasteiger partial charge in [0.15, 0.2) is 0 Å². The average Bonchev–Trinajstić information content (AvgIpc) is 2.53. The number of benzene rings is 2. The predicted octanol–water partition coefficient (Wildman–Crippen LogP) is 2.99. The van der Waals surface area contributed by atoms with Gasteiger partial charge in [-0.3, -0.25) is 0 Å². The number of aryl methyl sites for hydroxylation is 1. The number of rotatable bonds is 5. The number of anilines is 1. The molecule has 0 amide bonds. The maximum atomic E-state index is 12.8. The second kappa shape index (κ2) is 7.48. The molecule has 0 aliphatic rings. The van der Waals surface area contributed by atoms with Gasteiger partial charge in [-0.05, 0) is 42.8 Å². The van der Waals surface area contributed by atoms with Crippen molar-refractivity contribution in [1.29, 1.82) is 0 Å². The highest BCUT2D eigenvalue weighted by Crippen LogP contribution is 2.25. The number of nitrogens with two attached hydrogens (primary N) is 2. The summed E-state index contributed by atoms with van der Waals surface area (Å²) in [4.78, 5) is -0.101. The zero-order chi connectivity index (χ0) is 19.5. The average molecular weight is 385 g/mol. The van der Waals surface area contributed by atoms with Gasteiger partial charge in [-0.2, -0.15) is 13.2 Å². The van der Waals surface area contributed by atoms with Gasteiger partial charge in [0.25, 0.3) is 0 Å². The van der Waals surface area contributed by atoms with Crippen LogP contribution in [0.1, 0.15) is 11.1 Å². The van der Waals surface area contributed by atoms with E-state index in [-0.39, 0.29) is 10.6 Å². The third-order valence-electron chi connectivity index (χ3n) is 3.55. The van der Waals surface area contributed by atoms with E-state index in [2.05, 4.69) is 5.32 Å². The topological polar surface area (TPSA) is 98.2 Å². The van der Waals surface area contributed by atoms with Crippen LogP contribution in [0.25, 0.3) is 5.70 Å². The second-order valence-electron chi connectivity index (χ2n) is 5.71. The zero-order valence-electron chi connectivity index (χ0n) is 13.8. The van der Waals surface area contributed by atoms with Gasteiger partial charge in [-0.1, -0.05) is 29.8 Å². The molecule has 26 heavy (non-hydrogen) atoms. The number of hydrogen-bond acceptors (Lipinski definition) is 4. The van der Waals surface area contributed by atoms with Gasteiger partial charge in [0.05, 0.1) is 4.90 Å². The van der Waals surface area contributed by atoms with Gasteiger partial charge in [0.2, 0.25) is 10.0 Å². The first-order valence-electron chi connectivity index (χ1n) is 7.48. The minimum Gasteiger partial charge on any atom is -0.355 e. The van der Waals surface area contributed by atoms with E-state index in [4.69, 9.17) is 10.9 Å². The molecule has 0 aliphatic carbocycles. The van der Waals surface area contributed by atoms with E-state index in [0.29, 0.717) is 11.3 Å². The van der Waals surface area contributed by atoms with Crippen molar-refractivity contribution in [2.45, 2.75) is 24.0 Å². The van der Waals surface area contributed by atoms with Crippen LogP contribution in [0.2, 0.25) is 0 Å². The highest BCUT2D eigenvalue weighted by Gasteiger charge is 2.35. The number of halogens is 3. The Kier molecular flexibility index (Phi) is 5.74. The van der Waals surface area contributed by atoms with Crippen LogP contribution in [0.15, 0.2) is 59.5 Å². The van der Waals surface area contributed by atoms with Crippen LogP contribution in [-0.2, 0) is 10.0 Å². The van der Waals surface area contributed by atoms with Crippen molar-refractivity contribution in [3.8, 4) is 0 Å². The maximum Gasteiger partial charge on any atom is 0.407 e. The molecule has 1 atom stereocenters. The molecule has 5 nitrogen and oxygen atoms in total. The standard InChI is InChI=1S/C17H18F3N3O2S/c1-11-2-4-12(5-3-11)15(10-16(21)17(18,19)20)23-13-6-8-14(9-7-13)26(22,24)25/h2-10,16,23H,21H2,1H3,(H2,22,24,25)/b15-10-. The summed E-state index contributed by atoms with van der Waals surface area (Å²) < 4.78 is 61.1. The van der Waals surface area contributed by atoms with Crippen LogP contribution in [0.3, 0.4) is 0 Å². The van der Waals surface area contributed by atoms with Crippen molar-refractivity contribution in [2.24, 2.45) is 10.9 Å². The van der Waals surface area contributed by atoms with Gasteiger partial charge in [0.1, 0.15) is 6.04 Å². The molecule has 2 aromatic rings. The fraction of sp³-hybridized carbons (Fsp3) is 0.176. The van der Waals surface area contributed by atoms with Gasteiger partial charge in [-0.25, -0.2) is 13.6 Å². The summed E-state index contributed by atoms with van der Waals surface area (Å²) in [6.45, 7) is 1.86. The normalized spacial score (nSPS) is 14.2. The predicted molar refractivity (Wildman–Crippen MR) is 94.6 cm³/mol. The summed E-state index contributed by atoms with van der Waals surface area (Å²) >= 11 is 0. The van der Waals surface area contributed by atoms with Crippen LogP contribution in [-0.4, -0.2) is 20.6 Å². The minimum absolute atomic E-state index is 0.101. The molecule has 0 bridgehead atoms. The molecule has 2 rings (SSSR count). The molecular weight excluding hydrogens is 367 g/mol. The summed E-state index contributed by atoms with van der Waals surface area (Å²) in [5.41, 5.74) is 7.21. The van der Waals surface area contributed by atoms with E-state index < -0.39 is 22.2 Å². The lowest BCUT2D eigenvalue weighted by molar-refractivity contribution is -0.136. The first kappa shape index (κ1) is 20.0. The quantitative estimate of drug-likeness (QED) is 0.737. The van der Waals surface area contributed by atoms with Crippen LogP contribution < -0.4 is 16.2 Å². The van der Waals surface area contributed by atoms with Gasteiger partial charge < -0.3 is 11.1 Å². The van der Waals surface area contributed by atoms with Gasteiger partial charge in [-0.15, -0.1) is 0 Å². The number of sulfonamides is 1. The third-order valence-corrected chi connectivity index (χ3v) is 4.48. The molecule has 5 N–H and O–H groups in total. The van der Waals surface area contributed by atoms with E-state index in [0.717, 1.165) is 11.6 Å². The van der Waals surface area contributed by atoms with Crippen molar-refractivity contribution in [2.75, 3.05) is 5.32 Å². The smallest absolute Gasteiger partial charge is 0.355 e. The van der Waals surface area contributed by atoms with Gasteiger partial charge in [0, 0.05) is 11.4 Å². The molecule has 140 valence electrons. The molecule has 0 spiro atoms. The Balaban J connectivity index is 2.38. The molecule has 0 heterocycles. The summed E-state index contributed by atoms with van der Waals surface area (Å²) in [6, 6.07) is 10.0. The number of hydrogen-bond donors (Lipinski definition) is 3. The van der Waals surface area contributed by atoms with Crippen molar-refractivity contribution >= 4 is 21.4 Å². The van der Waals surface area contributed by atoms with Crippen molar-refractivity contribution in [1.82, 2.24) is 0 Å². The van der Waals surface area contributed by atoms with E-state index in [1.165, 1.54) is 24.3 Å². The van der Waals surface area contributed by atoms with Crippen LogP contribution >= 0.6 is 0 Å². The second-order valence-corrected chi connectivity index (χ2v) is 7.27. The molecule has 9 heteroatoms. The first-order valence-corrected chi connectivity index (χ1v) is 9.02. The van der Waals surface area contributed by atoms with Gasteiger partial charge >= 0.3 is 6.18 Å². The molecule has 0 radical (unpaired) electrons. The molecule has 0 aromatic heterocycles. The Bertz CT molecular complexity index is 890. The lowest BCUT2D eigenvalue weighted by Gasteiger charge is -2.17. The fourth-order valence-electron chi connectivity index (χ4n) is 2.10. The maximum absolute atomic E-state index is 12.8. The Morgan fingerprint density at radius 1 is 1.08 bits per heavy atom. The van der Waals surface area contributed by atoms with E-state index in [1.54, 1.807) is 24.3 Å². The molecule has 0 saturated carbocycles. The van der Waals surface area contributed by atoms with Crippen LogP contribution in [0, 0.1) is 6.92 Å². The molecule has 1 unspecified atom stereocenters. The van der Waals surface area contributed by atoms with Crippen molar-refractivity contribution in [3.05, 3.63) is 65.7 Å². The number of nitrogens with one attached hydrogen (secondary N) is 1. The number of alkyl halides is 3. The first-order chi connectivity index (χ1) is 12.0. The third kappa shape index (κ3) is 5.32. The highest BCUT2D eigenvalue weighted by atomic mass is 32.2. The molecule has 0 fully saturated rings. The molecule has 0 aliphatic heterocycles. The lowest BCUT2D eigenvalue weighted by Crippen LogP contribution is -2.35. The largest absolute Gasteiger partial charge is 0.407 e. The van der Waals surface area contributed by atoms with Crippen LogP contribution in [0.5, 0.6) is 0 Å².